The van der Waals surface area contributed by atoms with Crippen molar-refractivity contribution < 1.29 is 19.5 Å². The molecule has 1 aliphatic carbocycles. The molecule has 1 saturated carbocycles. The highest BCUT2D eigenvalue weighted by atomic mass is 16.3. The summed E-state index contributed by atoms with van der Waals surface area (Å²) in [6.07, 6.45) is 3.63. The molecule has 1 atom stereocenters. The van der Waals surface area contributed by atoms with E-state index in [1.165, 1.54) is 0 Å². The van der Waals surface area contributed by atoms with E-state index in [1.807, 2.05) is 53.4 Å². The predicted octanol–water partition coefficient (Wildman–Crippen LogP) is 2.71. The van der Waals surface area contributed by atoms with Crippen molar-refractivity contribution in [2.75, 3.05) is 51.2 Å². The Hall–Kier alpha value is -4.98. The Labute approximate surface area is 291 Å². The topological polar surface area (TPSA) is 182 Å². The van der Waals surface area contributed by atoms with Gasteiger partial charge in [0.2, 0.25) is 17.6 Å². The number of aromatic amines is 1. The van der Waals surface area contributed by atoms with Crippen LogP contribution in [0.1, 0.15) is 41.6 Å². The molecule has 3 aromatic carbocycles. The summed E-state index contributed by atoms with van der Waals surface area (Å²) in [6, 6.07) is 21.8. The monoisotopic (exact) mass is 679 g/mol. The largest absolute Gasteiger partial charge is 0.395 e. The highest BCUT2D eigenvalue weighted by Gasteiger charge is 2.29. The fraction of sp³-hybridized carbons (Fsp3) is 0.405. The van der Waals surface area contributed by atoms with Gasteiger partial charge in [0.1, 0.15) is 6.04 Å². The molecular weight excluding hydrogens is 634 g/mol. The van der Waals surface area contributed by atoms with Gasteiger partial charge in [-0.15, -0.1) is 10.2 Å². The van der Waals surface area contributed by atoms with Gasteiger partial charge in [-0.3, -0.25) is 19.3 Å². The molecule has 6 N–H and O–H groups in total. The van der Waals surface area contributed by atoms with E-state index in [9.17, 15) is 19.5 Å². The minimum Gasteiger partial charge on any atom is -0.395 e. The number of rotatable bonds is 12. The fourth-order valence-corrected chi connectivity index (χ4v) is 6.79. The Kier molecular flexibility index (Phi) is 11.6. The molecule has 3 amide bonds. The summed E-state index contributed by atoms with van der Waals surface area (Å²) >= 11 is 0. The van der Waals surface area contributed by atoms with E-state index in [0.29, 0.717) is 55.6 Å². The zero-order valence-corrected chi connectivity index (χ0v) is 28.1. The van der Waals surface area contributed by atoms with Crippen molar-refractivity contribution >= 4 is 23.4 Å². The molecule has 1 saturated heterocycles. The standard InChI is InChI=1S/C37H45N9O4/c38-24-25-4-6-29(7-5-25)35(48)40-33(36(49)39-32-14-12-28(13-15-32)34-41-43-44-42-34)23-26-2-1-3-31(22-26)27-8-10-30(11-9-27)37(50)46-18-16-45(17-19-46)20-21-47/h1-3,8-15,22,25,29,33,47H,4-7,16-21,23-24,38H2,(H,39,49)(H,40,48)(H,41,42,43,44). The lowest BCUT2D eigenvalue weighted by molar-refractivity contribution is -0.130. The van der Waals surface area contributed by atoms with Crippen LogP contribution in [0, 0.1) is 11.8 Å². The number of H-pyrrole nitrogens is 1. The van der Waals surface area contributed by atoms with Crippen LogP contribution in [0.4, 0.5) is 5.69 Å². The molecule has 4 aromatic rings. The Morgan fingerprint density at radius 3 is 2.28 bits per heavy atom. The molecule has 2 aliphatic rings. The third-order valence-corrected chi connectivity index (χ3v) is 9.85. The van der Waals surface area contributed by atoms with Crippen molar-refractivity contribution in [1.82, 2.24) is 35.7 Å². The van der Waals surface area contributed by atoms with Gasteiger partial charge in [0.05, 0.1) is 6.61 Å². The molecule has 1 aromatic heterocycles. The lowest BCUT2D eigenvalue weighted by Gasteiger charge is -2.34. The summed E-state index contributed by atoms with van der Waals surface area (Å²) in [5.74, 6) is 0.313. The third-order valence-electron chi connectivity index (χ3n) is 9.85. The van der Waals surface area contributed by atoms with E-state index in [-0.39, 0.29) is 30.2 Å². The molecule has 50 heavy (non-hydrogen) atoms. The molecule has 13 heteroatoms. The third kappa shape index (κ3) is 8.78. The van der Waals surface area contributed by atoms with E-state index < -0.39 is 6.04 Å². The van der Waals surface area contributed by atoms with Crippen LogP contribution in [0.3, 0.4) is 0 Å². The number of nitrogens with two attached hydrogens (primary N) is 1. The van der Waals surface area contributed by atoms with Crippen molar-refractivity contribution in [1.29, 1.82) is 0 Å². The summed E-state index contributed by atoms with van der Waals surface area (Å²) in [7, 11) is 0. The minimum absolute atomic E-state index is 0.000453. The predicted molar refractivity (Wildman–Crippen MR) is 190 cm³/mol. The van der Waals surface area contributed by atoms with Crippen molar-refractivity contribution in [3.05, 3.63) is 83.9 Å². The number of hydrogen-bond donors (Lipinski definition) is 5. The fourth-order valence-electron chi connectivity index (χ4n) is 6.79. The SMILES string of the molecule is NCC1CCC(C(=O)NC(Cc2cccc(-c3ccc(C(=O)N4CCN(CCO)CC4)cc3)c2)C(=O)Nc2ccc(-c3nn[nH]n3)cc2)CC1. The molecule has 1 unspecified atom stereocenters. The maximum absolute atomic E-state index is 13.8. The van der Waals surface area contributed by atoms with E-state index >= 15 is 0 Å². The van der Waals surface area contributed by atoms with Crippen LogP contribution in [0.2, 0.25) is 0 Å². The molecule has 2 fully saturated rings. The average molecular weight is 680 g/mol. The van der Waals surface area contributed by atoms with Gasteiger partial charge in [0.15, 0.2) is 0 Å². The second-order valence-electron chi connectivity index (χ2n) is 13.2. The Bertz CT molecular complexity index is 1710. The molecule has 262 valence electrons. The molecule has 6 rings (SSSR count). The Morgan fingerprint density at radius 2 is 1.62 bits per heavy atom. The first-order chi connectivity index (χ1) is 24.4. The van der Waals surface area contributed by atoms with E-state index in [1.54, 1.807) is 24.3 Å². The maximum atomic E-state index is 13.8. The van der Waals surface area contributed by atoms with Crippen LogP contribution in [0.15, 0.2) is 72.8 Å². The second-order valence-corrected chi connectivity index (χ2v) is 13.2. The van der Waals surface area contributed by atoms with Gasteiger partial charge in [-0.1, -0.05) is 36.4 Å². The number of nitrogens with zero attached hydrogens (tertiary/aromatic N) is 5. The quantitative estimate of drug-likeness (QED) is 0.150. The number of anilines is 1. The summed E-state index contributed by atoms with van der Waals surface area (Å²) in [4.78, 5) is 44.4. The number of aliphatic hydroxyl groups excluding tert-OH is 1. The number of β-amino-alcohol motifs (C(OH)–C–C–N with tert-alkyl or cyclic N) is 1. The Balaban J connectivity index is 1.14. The first kappa shape index (κ1) is 34.9. The zero-order valence-electron chi connectivity index (χ0n) is 28.1. The second kappa shape index (κ2) is 16.6. The van der Waals surface area contributed by atoms with E-state index in [4.69, 9.17) is 5.73 Å². The van der Waals surface area contributed by atoms with E-state index in [2.05, 4.69) is 36.2 Å². The number of carbonyl (C=O) groups is 3. The van der Waals surface area contributed by atoms with Crippen molar-refractivity contribution in [3.8, 4) is 22.5 Å². The van der Waals surface area contributed by atoms with Crippen LogP contribution >= 0.6 is 0 Å². The van der Waals surface area contributed by atoms with Crippen LogP contribution in [-0.2, 0) is 16.0 Å². The van der Waals surface area contributed by atoms with Crippen LogP contribution in [0.25, 0.3) is 22.5 Å². The summed E-state index contributed by atoms with van der Waals surface area (Å²) < 4.78 is 0. The summed E-state index contributed by atoms with van der Waals surface area (Å²) in [5.41, 5.74) is 10.6. The van der Waals surface area contributed by atoms with E-state index in [0.717, 1.165) is 61.0 Å². The number of amides is 3. The molecule has 0 spiro atoms. The van der Waals surface area contributed by atoms with Crippen molar-refractivity contribution in [2.45, 2.75) is 38.1 Å². The first-order valence-corrected chi connectivity index (χ1v) is 17.4. The van der Waals surface area contributed by atoms with Crippen LogP contribution in [0.5, 0.6) is 0 Å². The highest BCUT2D eigenvalue weighted by molar-refractivity contribution is 5.98. The van der Waals surface area contributed by atoms with Gasteiger partial charge in [-0.2, -0.15) is 5.21 Å². The zero-order chi connectivity index (χ0) is 34.9. The smallest absolute Gasteiger partial charge is 0.253 e. The molecular formula is C37H45N9O4. The lowest BCUT2D eigenvalue weighted by atomic mass is 9.81. The molecule has 0 radical (unpaired) electrons. The van der Waals surface area contributed by atoms with Crippen molar-refractivity contribution in [2.24, 2.45) is 17.6 Å². The van der Waals surface area contributed by atoms with Crippen LogP contribution < -0.4 is 16.4 Å². The molecule has 1 aliphatic heterocycles. The normalized spacial score (nSPS) is 18.7. The number of benzene rings is 3. The number of piperazine rings is 1. The van der Waals surface area contributed by atoms with Crippen molar-refractivity contribution in [3.63, 3.8) is 0 Å². The highest BCUT2D eigenvalue weighted by Crippen LogP contribution is 2.29. The Morgan fingerprint density at radius 1 is 0.900 bits per heavy atom. The maximum Gasteiger partial charge on any atom is 0.253 e. The number of carbonyl (C=O) groups excluding carboxylic acids is 3. The first-order valence-electron chi connectivity index (χ1n) is 17.4. The van der Waals surface area contributed by atoms with Gasteiger partial charge >= 0.3 is 0 Å². The van der Waals surface area contributed by atoms with Crippen LogP contribution in [-0.4, -0.2) is 105 Å². The molecule has 13 nitrogen and oxygen atoms in total. The van der Waals surface area contributed by atoms with Gasteiger partial charge in [-0.25, -0.2) is 0 Å². The van der Waals surface area contributed by atoms with Gasteiger partial charge < -0.3 is 26.4 Å². The number of tetrazole rings is 1. The summed E-state index contributed by atoms with van der Waals surface area (Å²) in [5, 5.41) is 29.3. The number of aliphatic hydroxyl groups is 1. The van der Waals surface area contributed by atoms with Gasteiger partial charge in [0, 0.05) is 61.9 Å². The number of aromatic nitrogens is 4. The van der Waals surface area contributed by atoms with Gasteiger partial charge in [0.25, 0.3) is 5.91 Å². The minimum atomic E-state index is -0.806. The molecule has 2 heterocycles. The average Bonchev–Trinajstić information content (AvgIpc) is 3.71. The molecule has 0 bridgehead atoms. The van der Waals surface area contributed by atoms with Gasteiger partial charge in [-0.05, 0) is 96.4 Å². The number of nitrogens with one attached hydrogen (secondary N) is 3. The number of hydrogen-bond acceptors (Lipinski definition) is 9. The lowest BCUT2D eigenvalue weighted by Crippen LogP contribution is -2.49. The summed E-state index contributed by atoms with van der Waals surface area (Å²) in [6.45, 7) is 4.14.